The van der Waals surface area contributed by atoms with Crippen molar-refractivity contribution in [1.82, 2.24) is 19.8 Å². The largest absolute Gasteiger partial charge is 0.352 e. The number of nitrogens with one attached hydrogen (secondary N) is 1. The first kappa shape index (κ1) is 20.9. The molecule has 0 atom stereocenters. The van der Waals surface area contributed by atoms with E-state index in [1.54, 1.807) is 24.0 Å². The first-order valence-electron chi connectivity index (χ1n) is 10.1. The van der Waals surface area contributed by atoms with E-state index < -0.39 is 0 Å². The number of aliphatic imine (C=N–C) groups is 1. The van der Waals surface area contributed by atoms with E-state index in [1.165, 1.54) is 11.1 Å². The summed E-state index contributed by atoms with van der Waals surface area (Å²) < 4.78 is 1.57. The maximum absolute atomic E-state index is 12.3. The van der Waals surface area contributed by atoms with Gasteiger partial charge in [-0.05, 0) is 16.5 Å². The van der Waals surface area contributed by atoms with Crippen molar-refractivity contribution in [3.8, 4) is 0 Å². The second-order valence-corrected chi connectivity index (χ2v) is 8.49. The van der Waals surface area contributed by atoms with Crippen LogP contribution in [0.5, 0.6) is 0 Å². The Hall–Kier alpha value is -2.83. The lowest BCUT2D eigenvalue weighted by Crippen LogP contribution is -2.53. The maximum atomic E-state index is 12.3. The van der Waals surface area contributed by atoms with Crippen LogP contribution in [0.4, 0.5) is 5.82 Å². The zero-order valence-electron chi connectivity index (χ0n) is 18.1. The number of aromatic nitrogens is 2. The normalized spacial score (nSPS) is 15.6. The summed E-state index contributed by atoms with van der Waals surface area (Å²) in [5.74, 6) is 1.41. The molecule has 0 unspecified atom stereocenters. The number of anilines is 1. The van der Waals surface area contributed by atoms with E-state index in [4.69, 9.17) is 0 Å². The third kappa shape index (κ3) is 4.96. The first-order valence-corrected chi connectivity index (χ1v) is 10.1. The van der Waals surface area contributed by atoms with Gasteiger partial charge in [0, 0.05) is 59.2 Å². The van der Waals surface area contributed by atoms with Gasteiger partial charge in [-0.2, -0.15) is 0 Å². The van der Waals surface area contributed by atoms with Gasteiger partial charge in [-0.25, -0.2) is 4.98 Å². The molecule has 29 heavy (non-hydrogen) atoms. The van der Waals surface area contributed by atoms with Crippen molar-refractivity contribution >= 4 is 11.8 Å². The molecule has 1 aromatic carbocycles. The van der Waals surface area contributed by atoms with E-state index in [9.17, 15) is 4.79 Å². The zero-order valence-corrected chi connectivity index (χ0v) is 18.1. The summed E-state index contributed by atoms with van der Waals surface area (Å²) >= 11 is 0. The number of piperazine rings is 1. The molecule has 0 aliphatic carbocycles. The van der Waals surface area contributed by atoms with Gasteiger partial charge in [-0.3, -0.25) is 9.79 Å². The summed E-state index contributed by atoms with van der Waals surface area (Å²) in [5.41, 5.74) is 2.68. The lowest BCUT2D eigenvalue weighted by atomic mass is 9.87. The fraction of sp³-hybridized carbons (Fsp3) is 0.500. The molecule has 0 saturated carbocycles. The molecule has 0 spiro atoms. The topological polar surface area (TPSA) is 65.8 Å². The van der Waals surface area contributed by atoms with E-state index >= 15 is 0 Å². The highest BCUT2D eigenvalue weighted by molar-refractivity contribution is 5.80. The Morgan fingerprint density at radius 2 is 1.79 bits per heavy atom. The molecule has 1 N–H and O–H groups in total. The summed E-state index contributed by atoms with van der Waals surface area (Å²) in [6, 6.07) is 8.75. The van der Waals surface area contributed by atoms with Crippen LogP contribution in [0.3, 0.4) is 0 Å². The Labute approximate surface area is 173 Å². The molecule has 2 aromatic rings. The highest BCUT2D eigenvalue weighted by Crippen LogP contribution is 2.22. The number of hydrogen-bond acceptors (Lipinski definition) is 4. The van der Waals surface area contributed by atoms with Crippen molar-refractivity contribution in [3.63, 3.8) is 0 Å². The predicted molar refractivity (Wildman–Crippen MR) is 119 cm³/mol. The molecule has 1 aliphatic rings. The summed E-state index contributed by atoms with van der Waals surface area (Å²) in [5, 5.41) is 3.46. The highest BCUT2D eigenvalue weighted by atomic mass is 16.1. The lowest BCUT2D eigenvalue weighted by Gasteiger charge is -2.36. The Morgan fingerprint density at radius 1 is 1.14 bits per heavy atom. The van der Waals surface area contributed by atoms with E-state index in [2.05, 4.69) is 70.1 Å². The molecule has 0 bridgehead atoms. The molecule has 7 heteroatoms. The molecule has 1 aromatic heterocycles. The minimum Gasteiger partial charge on any atom is -0.352 e. The second-order valence-electron chi connectivity index (χ2n) is 8.49. The van der Waals surface area contributed by atoms with Crippen LogP contribution in [0.1, 0.15) is 31.9 Å². The van der Waals surface area contributed by atoms with Crippen molar-refractivity contribution in [2.75, 3.05) is 38.1 Å². The number of aryl methyl sites for hydroxylation is 1. The number of guanidine groups is 1. The Balaban J connectivity index is 1.57. The van der Waals surface area contributed by atoms with Gasteiger partial charge in [0.25, 0.3) is 5.56 Å². The Kier molecular flexibility index (Phi) is 6.25. The molecule has 0 radical (unpaired) electrons. The van der Waals surface area contributed by atoms with Crippen LogP contribution in [-0.2, 0) is 19.0 Å². The second kappa shape index (κ2) is 8.68. The van der Waals surface area contributed by atoms with Crippen LogP contribution in [0, 0.1) is 0 Å². The number of nitrogens with zero attached hydrogens (tertiary/aromatic N) is 5. The average molecular weight is 397 g/mol. The zero-order chi connectivity index (χ0) is 21.0. The van der Waals surface area contributed by atoms with Crippen molar-refractivity contribution in [2.24, 2.45) is 12.0 Å². The third-order valence-corrected chi connectivity index (χ3v) is 5.36. The number of rotatable bonds is 3. The Morgan fingerprint density at radius 3 is 2.38 bits per heavy atom. The van der Waals surface area contributed by atoms with Crippen molar-refractivity contribution in [2.45, 2.75) is 32.7 Å². The van der Waals surface area contributed by atoms with Crippen LogP contribution in [0.2, 0.25) is 0 Å². The number of hydrogen-bond donors (Lipinski definition) is 1. The quantitative estimate of drug-likeness (QED) is 0.635. The number of benzene rings is 1. The van der Waals surface area contributed by atoms with Crippen molar-refractivity contribution in [1.29, 1.82) is 0 Å². The summed E-state index contributed by atoms with van der Waals surface area (Å²) in [6.45, 7) is 10.5. The SMILES string of the molecule is CN=C(NCc1ccc(C(C)(C)C)cc1)N1CCN(c2nccn(C)c2=O)CC1. The van der Waals surface area contributed by atoms with E-state index in [1.807, 2.05) is 7.05 Å². The van der Waals surface area contributed by atoms with E-state index in [-0.39, 0.29) is 11.0 Å². The van der Waals surface area contributed by atoms with Gasteiger partial charge in [0.1, 0.15) is 0 Å². The van der Waals surface area contributed by atoms with Gasteiger partial charge in [-0.15, -0.1) is 0 Å². The smallest absolute Gasteiger partial charge is 0.293 e. The lowest BCUT2D eigenvalue weighted by molar-refractivity contribution is 0.370. The molecule has 0 amide bonds. The predicted octanol–water partition coefficient (Wildman–Crippen LogP) is 1.98. The standard InChI is InChI=1S/C22H32N6O/c1-22(2,3)18-8-6-17(7-9-18)16-25-21(23-4)28-14-12-27(13-15-28)19-20(29)26(5)11-10-24-19/h6-11H,12-16H2,1-5H3,(H,23,25). The maximum Gasteiger partial charge on any atom is 0.293 e. The summed E-state index contributed by atoms with van der Waals surface area (Å²) in [7, 11) is 3.56. The Bertz CT molecular complexity index is 902. The van der Waals surface area contributed by atoms with Gasteiger partial charge < -0.3 is 19.7 Å². The minimum atomic E-state index is -0.0536. The molecular formula is C22H32N6O. The van der Waals surface area contributed by atoms with Crippen molar-refractivity contribution in [3.05, 3.63) is 58.1 Å². The molecule has 1 saturated heterocycles. The molecule has 7 nitrogen and oxygen atoms in total. The van der Waals surface area contributed by atoms with Gasteiger partial charge >= 0.3 is 0 Å². The fourth-order valence-corrected chi connectivity index (χ4v) is 3.47. The van der Waals surface area contributed by atoms with Gasteiger partial charge in [-0.1, -0.05) is 45.0 Å². The molecular weight excluding hydrogens is 364 g/mol. The van der Waals surface area contributed by atoms with Gasteiger partial charge in [0.05, 0.1) is 0 Å². The minimum absolute atomic E-state index is 0.0536. The molecule has 2 heterocycles. The molecule has 3 rings (SSSR count). The summed E-state index contributed by atoms with van der Waals surface area (Å²) in [4.78, 5) is 25.3. The first-order chi connectivity index (χ1) is 13.8. The average Bonchev–Trinajstić information content (AvgIpc) is 2.71. The van der Waals surface area contributed by atoms with Gasteiger partial charge in [0.2, 0.25) is 0 Å². The highest BCUT2D eigenvalue weighted by Gasteiger charge is 2.22. The van der Waals surface area contributed by atoms with Crippen LogP contribution >= 0.6 is 0 Å². The summed E-state index contributed by atoms with van der Waals surface area (Å²) in [6.07, 6.45) is 3.36. The molecule has 1 fully saturated rings. The van der Waals surface area contributed by atoms with Crippen molar-refractivity contribution < 1.29 is 0 Å². The fourth-order valence-electron chi connectivity index (χ4n) is 3.47. The molecule has 1 aliphatic heterocycles. The monoisotopic (exact) mass is 396 g/mol. The van der Waals surface area contributed by atoms with Crippen LogP contribution in [0.25, 0.3) is 0 Å². The van der Waals surface area contributed by atoms with E-state index in [0.29, 0.717) is 5.82 Å². The van der Waals surface area contributed by atoms with Crippen LogP contribution < -0.4 is 15.8 Å². The van der Waals surface area contributed by atoms with Gasteiger partial charge in [0.15, 0.2) is 11.8 Å². The van der Waals surface area contributed by atoms with Crippen LogP contribution in [-0.4, -0.2) is 53.6 Å². The molecule has 156 valence electrons. The van der Waals surface area contributed by atoms with Crippen LogP contribution in [0.15, 0.2) is 46.4 Å². The third-order valence-electron chi connectivity index (χ3n) is 5.36. The van der Waals surface area contributed by atoms with E-state index in [0.717, 1.165) is 38.7 Å².